The predicted molar refractivity (Wildman–Crippen MR) is 63.2 cm³/mol. The topological polar surface area (TPSA) is 46.6 Å². The van der Waals surface area contributed by atoms with Crippen LogP contribution >= 0.6 is 0 Å². The standard InChI is InChI=1S/C13H19NO3/c1-4-14-10-7-9(12(14)15)5-6-11(10)17-13(16)8(2)3/h9-11H,2,4-7H2,1,3H3. The smallest absolute Gasteiger partial charge is 0.333 e. The van der Waals surface area contributed by atoms with E-state index in [-0.39, 0.29) is 29.9 Å². The molecule has 1 aliphatic carbocycles. The Bertz CT molecular complexity index is 364. The van der Waals surface area contributed by atoms with Gasteiger partial charge in [-0.1, -0.05) is 6.58 Å². The molecule has 1 amide bonds. The average molecular weight is 237 g/mol. The average Bonchev–Trinajstić information content (AvgIpc) is 2.55. The predicted octanol–water partition coefficient (Wildman–Crippen LogP) is 1.51. The van der Waals surface area contributed by atoms with Gasteiger partial charge in [-0.15, -0.1) is 0 Å². The lowest BCUT2D eigenvalue weighted by Crippen LogP contribution is -2.42. The quantitative estimate of drug-likeness (QED) is 0.552. The number of esters is 1. The Morgan fingerprint density at radius 3 is 2.82 bits per heavy atom. The molecule has 0 spiro atoms. The summed E-state index contributed by atoms with van der Waals surface area (Å²) in [5.41, 5.74) is 0.416. The van der Waals surface area contributed by atoms with E-state index in [9.17, 15) is 9.59 Å². The Hall–Kier alpha value is -1.32. The van der Waals surface area contributed by atoms with Crippen LogP contribution in [0, 0.1) is 5.92 Å². The second-order valence-corrected chi connectivity index (χ2v) is 4.93. The summed E-state index contributed by atoms with van der Waals surface area (Å²) >= 11 is 0. The summed E-state index contributed by atoms with van der Waals surface area (Å²) in [5, 5.41) is 0. The lowest BCUT2D eigenvalue weighted by Gasteiger charge is -2.31. The van der Waals surface area contributed by atoms with Gasteiger partial charge in [-0.3, -0.25) is 4.79 Å². The Labute approximate surface area is 102 Å². The highest BCUT2D eigenvalue weighted by atomic mass is 16.5. The number of carbonyl (C=O) groups excluding carboxylic acids is 2. The molecule has 2 aliphatic rings. The molecule has 4 heteroatoms. The van der Waals surface area contributed by atoms with Crippen LogP contribution in [0.5, 0.6) is 0 Å². The van der Waals surface area contributed by atoms with Crippen molar-refractivity contribution in [3.63, 3.8) is 0 Å². The van der Waals surface area contributed by atoms with E-state index in [1.807, 2.05) is 11.8 Å². The number of hydrogen-bond acceptors (Lipinski definition) is 3. The summed E-state index contributed by atoms with van der Waals surface area (Å²) in [4.78, 5) is 25.3. The molecule has 94 valence electrons. The van der Waals surface area contributed by atoms with Crippen molar-refractivity contribution in [3.8, 4) is 0 Å². The van der Waals surface area contributed by atoms with Gasteiger partial charge in [0.05, 0.1) is 6.04 Å². The maximum atomic E-state index is 12.0. The molecule has 1 heterocycles. The van der Waals surface area contributed by atoms with E-state index >= 15 is 0 Å². The summed E-state index contributed by atoms with van der Waals surface area (Å²) in [6.07, 6.45) is 2.30. The molecule has 4 nitrogen and oxygen atoms in total. The molecule has 2 fully saturated rings. The number of amides is 1. The second kappa shape index (κ2) is 4.51. The highest BCUT2D eigenvalue weighted by Crippen LogP contribution is 2.38. The van der Waals surface area contributed by atoms with Crippen molar-refractivity contribution in [2.75, 3.05) is 6.54 Å². The lowest BCUT2D eigenvalue weighted by atomic mass is 9.88. The first-order valence-electron chi connectivity index (χ1n) is 6.21. The molecule has 1 saturated heterocycles. The molecule has 0 radical (unpaired) electrons. The van der Waals surface area contributed by atoms with E-state index in [1.54, 1.807) is 6.92 Å². The van der Waals surface area contributed by atoms with Crippen LogP contribution in [0.25, 0.3) is 0 Å². The van der Waals surface area contributed by atoms with Gasteiger partial charge in [0, 0.05) is 18.0 Å². The first-order chi connectivity index (χ1) is 8.04. The van der Waals surface area contributed by atoms with Crippen LogP contribution in [0.1, 0.15) is 33.1 Å². The Morgan fingerprint density at radius 2 is 2.24 bits per heavy atom. The molecule has 2 bridgehead atoms. The molecular formula is C13H19NO3. The van der Waals surface area contributed by atoms with Crippen LogP contribution in [0.2, 0.25) is 0 Å². The number of fused-ring (bicyclic) bond motifs is 2. The molecule has 0 aromatic carbocycles. The van der Waals surface area contributed by atoms with Gasteiger partial charge < -0.3 is 9.64 Å². The summed E-state index contributed by atoms with van der Waals surface area (Å²) in [5.74, 6) is 0.0370. The molecule has 3 atom stereocenters. The van der Waals surface area contributed by atoms with E-state index in [4.69, 9.17) is 4.74 Å². The zero-order valence-electron chi connectivity index (χ0n) is 10.4. The highest BCUT2D eigenvalue weighted by Gasteiger charge is 2.47. The zero-order chi connectivity index (χ0) is 12.6. The van der Waals surface area contributed by atoms with Crippen LogP contribution in [0.4, 0.5) is 0 Å². The van der Waals surface area contributed by atoms with Crippen molar-refractivity contribution >= 4 is 11.9 Å². The van der Waals surface area contributed by atoms with E-state index in [1.165, 1.54) is 0 Å². The van der Waals surface area contributed by atoms with E-state index < -0.39 is 0 Å². The number of carbonyl (C=O) groups is 2. The van der Waals surface area contributed by atoms with Gasteiger partial charge in [0.15, 0.2) is 0 Å². The molecule has 0 aromatic rings. The van der Waals surface area contributed by atoms with E-state index in [0.29, 0.717) is 12.1 Å². The SMILES string of the molecule is C=C(C)C(=O)OC1CCC2CC1N(CC)C2=O. The van der Waals surface area contributed by atoms with Crippen LogP contribution in [-0.2, 0) is 14.3 Å². The van der Waals surface area contributed by atoms with Crippen molar-refractivity contribution in [1.82, 2.24) is 4.90 Å². The highest BCUT2D eigenvalue weighted by molar-refractivity contribution is 5.87. The fourth-order valence-corrected chi connectivity index (χ4v) is 2.84. The third kappa shape index (κ3) is 2.08. The molecule has 1 aliphatic heterocycles. The van der Waals surface area contributed by atoms with Gasteiger partial charge >= 0.3 is 5.97 Å². The number of hydrogen-bond donors (Lipinski definition) is 0. The Balaban J connectivity index is 2.08. The van der Waals surface area contributed by atoms with Gasteiger partial charge in [-0.2, -0.15) is 0 Å². The maximum Gasteiger partial charge on any atom is 0.333 e. The molecule has 2 rings (SSSR count). The van der Waals surface area contributed by atoms with Gasteiger partial charge in [0.1, 0.15) is 6.10 Å². The number of ether oxygens (including phenoxy) is 1. The lowest BCUT2D eigenvalue weighted by molar-refractivity contribution is -0.149. The normalized spacial score (nSPS) is 31.5. The molecule has 1 saturated carbocycles. The second-order valence-electron chi connectivity index (χ2n) is 4.93. The minimum atomic E-state index is -0.344. The Kier molecular flexibility index (Phi) is 3.22. The van der Waals surface area contributed by atoms with Crippen molar-refractivity contribution in [1.29, 1.82) is 0 Å². The van der Waals surface area contributed by atoms with Gasteiger partial charge in [-0.25, -0.2) is 4.79 Å². The number of nitrogens with zero attached hydrogens (tertiary/aromatic N) is 1. The Morgan fingerprint density at radius 1 is 1.53 bits per heavy atom. The molecule has 17 heavy (non-hydrogen) atoms. The molecule has 0 N–H and O–H groups in total. The van der Waals surface area contributed by atoms with E-state index in [2.05, 4.69) is 6.58 Å². The van der Waals surface area contributed by atoms with Gasteiger partial charge in [0.2, 0.25) is 5.91 Å². The summed E-state index contributed by atoms with van der Waals surface area (Å²) in [6.45, 7) is 7.89. The van der Waals surface area contributed by atoms with Crippen molar-refractivity contribution < 1.29 is 14.3 Å². The van der Waals surface area contributed by atoms with Crippen LogP contribution in [0.3, 0.4) is 0 Å². The van der Waals surface area contributed by atoms with Crippen LogP contribution < -0.4 is 0 Å². The fraction of sp³-hybridized carbons (Fsp3) is 0.692. The fourth-order valence-electron chi connectivity index (χ4n) is 2.84. The zero-order valence-corrected chi connectivity index (χ0v) is 10.4. The van der Waals surface area contributed by atoms with Gasteiger partial charge in [0.25, 0.3) is 0 Å². The molecule has 0 aromatic heterocycles. The number of likely N-dealkylation sites (tertiary alicyclic amines) is 1. The van der Waals surface area contributed by atoms with Crippen molar-refractivity contribution in [2.24, 2.45) is 5.92 Å². The van der Waals surface area contributed by atoms with Crippen LogP contribution in [0.15, 0.2) is 12.2 Å². The van der Waals surface area contributed by atoms with Gasteiger partial charge in [-0.05, 0) is 33.1 Å². The minimum absolute atomic E-state index is 0.0783. The first kappa shape index (κ1) is 12.1. The molecular weight excluding hydrogens is 218 g/mol. The van der Waals surface area contributed by atoms with Crippen molar-refractivity contribution in [3.05, 3.63) is 12.2 Å². The van der Waals surface area contributed by atoms with Crippen molar-refractivity contribution in [2.45, 2.75) is 45.3 Å². The summed E-state index contributed by atoms with van der Waals surface area (Å²) < 4.78 is 5.43. The largest absolute Gasteiger partial charge is 0.457 e. The number of likely N-dealkylation sites (N-methyl/N-ethyl adjacent to an activating group) is 1. The minimum Gasteiger partial charge on any atom is -0.457 e. The third-order valence-electron chi connectivity index (χ3n) is 3.74. The summed E-state index contributed by atoms with van der Waals surface area (Å²) in [7, 11) is 0. The van der Waals surface area contributed by atoms with Crippen LogP contribution in [-0.4, -0.2) is 35.5 Å². The number of rotatable bonds is 3. The third-order valence-corrected chi connectivity index (χ3v) is 3.74. The maximum absolute atomic E-state index is 12.0. The molecule has 3 unspecified atom stereocenters. The monoisotopic (exact) mass is 237 g/mol. The first-order valence-corrected chi connectivity index (χ1v) is 6.21. The van der Waals surface area contributed by atoms with E-state index in [0.717, 1.165) is 19.3 Å². The summed E-state index contributed by atoms with van der Waals surface area (Å²) in [6, 6.07) is 0.0783.